The van der Waals surface area contributed by atoms with Gasteiger partial charge < -0.3 is 19.3 Å². The van der Waals surface area contributed by atoms with Gasteiger partial charge in [0.05, 0.1) is 13.7 Å². The Morgan fingerprint density at radius 2 is 2.14 bits per heavy atom. The number of ether oxygens (including phenoxy) is 3. The van der Waals surface area contributed by atoms with Gasteiger partial charge in [-0.3, -0.25) is 0 Å². The molecule has 0 bridgehead atoms. The van der Waals surface area contributed by atoms with Crippen LogP contribution in [0.25, 0.3) is 0 Å². The van der Waals surface area contributed by atoms with Gasteiger partial charge in [0.25, 0.3) is 0 Å². The van der Waals surface area contributed by atoms with Crippen LogP contribution in [0.5, 0.6) is 17.2 Å². The van der Waals surface area contributed by atoms with E-state index >= 15 is 0 Å². The molecule has 1 aromatic rings. The van der Waals surface area contributed by atoms with Crippen molar-refractivity contribution in [2.75, 3.05) is 20.3 Å². The number of benzene rings is 1. The Balaban J connectivity index is 2.50. The van der Waals surface area contributed by atoms with E-state index in [-0.39, 0.29) is 6.61 Å². The topological polar surface area (TPSA) is 47.9 Å². The molecule has 0 amide bonds. The van der Waals surface area contributed by atoms with Crippen molar-refractivity contribution in [2.45, 2.75) is 6.61 Å². The zero-order valence-electron chi connectivity index (χ0n) is 7.95. The molecule has 4 heteroatoms. The molecule has 0 unspecified atom stereocenters. The minimum atomic E-state index is -0.0696. The van der Waals surface area contributed by atoms with Crippen LogP contribution in [0.1, 0.15) is 5.56 Å². The highest BCUT2D eigenvalue weighted by atomic mass is 16.6. The maximum atomic E-state index is 9.07. The lowest BCUT2D eigenvalue weighted by Crippen LogP contribution is -2.16. The number of aliphatic hydroxyl groups excluding tert-OH is 1. The SMILES string of the molecule is COc1c(CO)ccc2c1OCCO2. The standard InChI is InChI=1S/C10H12O4/c1-12-9-7(6-11)2-3-8-10(9)14-5-4-13-8/h2-3,11H,4-6H2,1H3. The lowest BCUT2D eigenvalue weighted by atomic mass is 10.1. The molecule has 0 atom stereocenters. The number of fused-ring (bicyclic) bond motifs is 1. The van der Waals surface area contributed by atoms with Crippen LogP contribution >= 0.6 is 0 Å². The van der Waals surface area contributed by atoms with Gasteiger partial charge in [-0.1, -0.05) is 0 Å². The number of methoxy groups -OCH3 is 1. The lowest BCUT2D eigenvalue weighted by molar-refractivity contribution is 0.163. The van der Waals surface area contributed by atoms with E-state index in [4.69, 9.17) is 19.3 Å². The van der Waals surface area contributed by atoms with Gasteiger partial charge in [0.2, 0.25) is 5.75 Å². The molecule has 0 aromatic heterocycles. The Morgan fingerprint density at radius 3 is 2.86 bits per heavy atom. The van der Waals surface area contributed by atoms with Crippen molar-refractivity contribution in [2.24, 2.45) is 0 Å². The van der Waals surface area contributed by atoms with Crippen molar-refractivity contribution >= 4 is 0 Å². The molecule has 0 saturated heterocycles. The molecule has 0 saturated carbocycles. The van der Waals surface area contributed by atoms with Gasteiger partial charge >= 0.3 is 0 Å². The molecule has 0 fully saturated rings. The fourth-order valence-electron chi connectivity index (χ4n) is 1.48. The van der Waals surface area contributed by atoms with E-state index in [2.05, 4.69) is 0 Å². The van der Waals surface area contributed by atoms with Gasteiger partial charge in [-0.15, -0.1) is 0 Å². The first-order valence-corrected chi connectivity index (χ1v) is 4.43. The molecule has 1 heterocycles. The molecule has 1 aliphatic heterocycles. The summed E-state index contributed by atoms with van der Waals surface area (Å²) >= 11 is 0. The highest BCUT2D eigenvalue weighted by molar-refractivity contribution is 5.56. The molecule has 4 nitrogen and oxygen atoms in total. The van der Waals surface area contributed by atoms with Gasteiger partial charge in [-0.2, -0.15) is 0 Å². The van der Waals surface area contributed by atoms with Gasteiger partial charge in [-0.25, -0.2) is 0 Å². The van der Waals surface area contributed by atoms with Gasteiger partial charge in [-0.05, 0) is 12.1 Å². The quantitative estimate of drug-likeness (QED) is 0.765. The summed E-state index contributed by atoms with van der Waals surface area (Å²) in [4.78, 5) is 0. The largest absolute Gasteiger partial charge is 0.492 e. The summed E-state index contributed by atoms with van der Waals surface area (Å²) in [6, 6.07) is 3.55. The average molecular weight is 196 g/mol. The van der Waals surface area contributed by atoms with Crippen molar-refractivity contribution in [3.05, 3.63) is 17.7 Å². The number of aliphatic hydroxyl groups is 1. The molecule has 0 aliphatic carbocycles. The second-order valence-corrected chi connectivity index (χ2v) is 2.94. The summed E-state index contributed by atoms with van der Waals surface area (Å²) in [6.45, 7) is 0.993. The first kappa shape index (κ1) is 9.15. The van der Waals surface area contributed by atoms with E-state index in [1.54, 1.807) is 19.2 Å². The van der Waals surface area contributed by atoms with Gasteiger partial charge in [0, 0.05) is 5.56 Å². The van der Waals surface area contributed by atoms with Crippen LogP contribution in [0.4, 0.5) is 0 Å². The Bertz CT molecular complexity index is 320. The average Bonchev–Trinajstić information content (AvgIpc) is 2.27. The van der Waals surface area contributed by atoms with Crippen LogP contribution in [-0.2, 0) is 6.61 Å². The summed E-state index contributed by atoms with van der Waals surface area (Å²) in [5, 5.41) is 9.07. The Labute approximate surface area is 82.0 Å². The van der Waals surface area contributed by atoms with Crippen LogP contribution in [0.15, 0.2) is 12.1 Å². The van der Waals surface area contributed by atoms with E-state index in [1.165, 1.54) is 0 Å². The molecule has 76 valence electrons. The molecule has 1 aliphatic rings. The predicted molar refractivity (Wildman–Crippen MR) is 49.9 cm³/mol. The van der Waals surface area contributed by atoms with Crippen LogP contribution in [0.3, 0.4) is 0 Å². The fraction of sp³-hybridized carbons (Fsp3) is 0.400. The van der Waals surface area contributed by atoms with Crippen molar-refractivity contribution in [1.29, 1.82) is 0 Å². The van der Waals surface area contributed by atoms with Gasteiger partial charge in [0.1, 0.15) is 13.2 Å². The van der Waals surface area contributed by atoms with E-state index in [9.17, 15) is 0 Å². The van der Waals surface area contributed by atoms with Crippen molar-refractivity contribution in [3.8, 4) is 17.2 Å². The van der Waals surface area contributed by atoms with E-state index < -0.39 is 0 Å². The van der Waals surface area contributed by atoms with Crippen LogP contribution in [0, 0.1) is 0 Å². The van der Waals surface area contributed by atoms with Gasteiger partial charge in [0.15, 0.2) is 11.5 Å². The monoisotopic (exact) mass is 196 g/mol. The summed E-state index contributed by atoms with van der Waals surface area (Å²) in [5.41, 5.74) is 0.705. The Hall–Kier alpha value is -1.42. The smallest absolute Gasteiger partial charge is 0.204 e. The normalized spacial score (nSPS) is 13.9. The van der Waals surface area contributed by atoms with E-state index in [0.29, 0.717) is 36.0 Å². The molecule has 2 rings (SSSR count). The zero-order chi connectivity index (χ0) is 9.97. The number of hydrogen-bond donors (Lipinski definition) is 1. The van der Waals surface area contributed by atoms with Crippen LogP contribution in [-0.4, -0.2) is 25.4 Å². The van der Waals surface area contributed by atoms with E-state index in [1.807, 2.05) is 0 Å². The number of hydrogen-bond acceptors (Lipinski definition) is 4. The minimum absolute atomic E-state index is 0.0696. The third kappa shape index (κ3) is 1.37. The van der Waals surface area contributed by atoms with E-state index in [0.717, 1.165) is 0 Å². The highest BCUT2D eigenvalue weighted by Gasteiger charge is 2.19. The fourth-order valence-corrected chi connectivity index (χ4v) is 1.48. The molecular weight excluding hydrogens is 184 g/mol. The molecule has 1 aromatic carbocycles. The first-order chi connectivity index (χ1) is 6.86. The Kier molecular flexibility index (Phi) is 2.45. The predicted octanol–water partition coefficient (Wildman–Crippen LogP) is 0.959. The summed E-state index contributed by atoms with van der Waals surface area (Å²) in [5.74, 6) is 1.82. The maximum absolute atomic E-state index is 9.07. The minimum Gasteiger partial charge on any atom is -0.492 e. The summed E-state index contributed by atoms with van der Waals surface area (Å²) < 4.78 is 16.0. The summed E-state index contributed by atoms with van der Waals surface area (Å²) in [6.07, 6.45) is 0. The second-order valence-electron chi connectivity index (χ2n) is 2.94. The van der Waals surface area contributed by atoms with Crippen molar-refractivity contribution < 1.29 is 19.3 Å². The lowest BCUT2D eigenvalue weighted by Gasteiger charge is -2.21. The van der Waals surface area contributed by atoms with Crippen molar-refractivity contribution in [1.82, 2.24) is 0 Å². The molecule has 0 spiro atoms. The molecular formula is C10H12O4. The Morgan fingerprint density at radius 1 is 1.36 bits per heavy atom. The molecule has 1 N–H and O–H groups in total. The molecule has 0 radical (unpaired) electrons. The highest BCUT2D eigenvalue weighted by Crippen LogP contribution is 2.41. The summed E-state index contributed by atoms with van der Waals surface area (Å²) in [7, 11) is 1.55. The molecule has 14 heavy (non-hydrogen) atoms. The first-order valence-electron chi connectivity index (χ1n) is 4.43. The maximum Gasteiger partial charge on any atom is 0.204 e. The third-order valence-electron chi connectivity index (χ3n) is 2.12. The zero-order valence-corrected chi connectivity index (χ0v) is 7.95. The van der Waals surface area contributed by atoms with Crippen LogP contribution < -0.4 is 14.2 Å². The van der Waals surface area contributed by atoms with Crippen LogP contribution in [0.2, 0.25) is 0 Å². The second kappa shape index (κ2) is 3.75. The third-order valence-corrected chi connectivity index (χ3v) is 2.12. The van der Waals surface area contributed by atoms with Crippen molar-refractivity contribution in [3.63, 3.8) is 0 Å². The number of rotatable bonds is 2.